The lowest BCUT2D eigenvalue weighted by Crippen LogP contribution is -2.13. The monoisotopic (exact) mass is 389 g/mol. The second-order valence-electron chi connectivity index (χ2n) is 5.34. The molecule has 5 heteroatoms. The summed E-state index contributed by atoms with van der Waals surface area (Å²) in [5.41, 5.74) is 1.25. The summed E-state index contributed by atoms with van der Waals surface area (Å²) in [6.07, 6.45) is 7.08. The van der Waals surface area contributed by atoms with E-state index in [1.165, 1.54) is 34.9 Å². The summed E-state index contributed by atoms with van der Waals surface area (Å²) >= 11 is 2.41. The largest absolute Gasteiger partial charge is 0.384 e. The van der Waals surface area contributed by atoms with Crippen LogP contribution in [0.25, 0.3) is 0 Å². The van der Waals surface area contributed by atoms with Gasteiger partial charge in [0.05, 0.1) is 15.9 Å². The van der Waals surface area contributed by atoms with E-state index in [1.807, 2.05) is 0 Å². The molecule has 20 heavy (non-hydrogen) atoms. The molecule has 0 amide bonds. The van der Waals surface area contributed by atoms with Gasteiger partial charge in [-0.15, -0.1) is 0 Å². The predicted molar refractivity (Wildman–Crippen MR) is 90.3 cm³/mol. The summed E-state index contributed by atoms with van der Waals surface area (Å²) in [5.74, 6) is 2.54. The second kappa shape index (κ2) is 8.12. The van der Waals surface area contributed by atoms with Gasteiger partial charge in [-0.2, -0.15) is 0 Å². The van der Waals surface area contributed by atoms with E-state index in [1.54, 1.807) is 7.11 Å². The van der Waals surface area contributed by atoms with Crippen LogP contribution in [0.5, 0.6) is 0 Å². The summed E-state index contributed by atoms with van der Waals surface area (Å²) in [6.45, 7) is 3.81. The molecule has 0 saturated heterocycles. The Bertz CT molecular complexity index is 433. The van der Waals surface area contributed by atoms with E-state index in [0.29, 0.717) is 12.5 Å². The smallest absolute Gasteiger partial charge is 0.143 e. The van der Waals surface area contributed by atoms with Gasteiger partial charge in [-0.3, -0.25) is 0 Å². The first-order valence-corrected chi connectivity index (χ1v) is 8.63. The zero-order valence-corrected chi connectivity index (χ0v) is 14.6. The van der Waals surface area contributed by atoms with Crippen molar-refractivity contribution in [3.8, 4) is 0 Å². The van der Waals surface area contributed by atoms with Gasteiger partial charge in [0.15, 0.2) is 0 Å². The van der Waals surface area contributed by atoms with Crippen LogP contribution in [0.3, 0.4) is 0 Å². The van der Waals surface area contributed by atoms with Gasteiger partial charge in [0.1, 0.15) is 11.6 Å². The first kappa shape index (κ1) is 15.9. The number of nitrogens with zero attached hydrogens (tertiary/aromatic N) is 2. The molecule has 1 fully saturated rings. The molecule has 4 nitrogen and oxygen atoms in total. The molecule has 1 heterocycles. The van der Waals surface area contributed by atoms with E-state index in [4.69, 9.17) is 9.72 Å². The van der Waals surface area contributed by atoms with Gasteiger partial charge < -0.3 is 10.1 Å². The highest BCUT2D eigenvalue weighted by Crippen LogP contribution is 2.36. The summed E-state index contributed by atoms with van der Waals surface area (Å²) in [4.78, 5) is 9.49. The van der Waals surface area contributed by atoms with Crippen LogP contribution in [-0.4, -0.2) is 30.2 Å². The summed E-state index contributed by atoms with van der Waals surface area (Å²) < 4.78 is 6.37. The van der Waals surface area contributed by atoms with Gasteiger partial charge >= 0.3 is 0 Å². The number of rotatable bonds is 7. The van der Waals surface area contributed by atoms with Crippen molar-refractivity contribution >= 4 is 28.4 Å². The van der Waals surface area contributed by atoms with Crippen LogP contribution in [0.1, 0.15) is 56.5 Å². The quantitative estimate of drug-likeness (QED) is 0.722. The molecule has 0 aliphatic heterocycles. The number of hydrogen-bond donors (Lipinski definition) is 1. The Hall–Kier alpha value is -0.430. The van der Waals surface area contributed by atoms with Crippen LogP contribution in [0.15, 0.2) is 0 Å². The zero-order chi connectivity index (χ0) is 14.4. The molecular formula is C15H24IN3O. The SMILES string of the molecule is CCCNc1nc(CCOC)nc(C2CCCC2)c1I. The van der Waals surface area contributed by atoms with Gasteiger partial charge in [0.2, 0.25) is 0 Å². The first-order valence-electron chi connectivity index (χ1n) is 7.55. The minimum absolute atomic E-state index is 0.619. The summed E-state index contributed by atoms with van der Waals surface area (Å²) in [6, 6.07) is 0. The lowest BCUT2D eigenvalue weighted by molar-refractivity contribution is 0.200. The molecule has 0 atom stereocenters. The number of nitrogens with one attached hydrogen (secondary N) is 1. The maximum absolute atomic E-state index is 5.16. The van der Waals surface area contributed by atoms with Crippen LogP contribution < -0.4 is 5.32 Å². The molecule has 1 saturated carbocycles. The highest BCUT2D eigenvalue weighted by molar-refractivity contribution is 14.1. The van der Waals surface area contributed by atoms with Crippen molar-refractivity contribution in [1.29, 1.82) is 0 Å². The van der Waals surface area contributed by atoms with Crippen LogP contribution >= 0.6 is 22.6 Å². The molecule has 0 unspecified atom stereocenters. The number of ether oxygens (including phenoxy) is 1. The molecule has 0 bridgehead atoms. The summed E-state index contributed by atoms with van der Waals surface area (Å²) in [7, 11) is 1.72. The minimum atomic E-state index is 0.619. The van der Waals surface area contributed by atoms with E-state index in [9.17, 15) is 0 Å². The number of hydrogen-bond acceptors (Lipinski definition) is 4. The first-order chi connectivity index (χ1) is 9.76. The Morgan fingerprint density at radius 1 is 1.30 bits per heavy atom. The third kappa shape index (κ3) is 4.04. The molecule has 1 aliphatic carbocycles. The van der Waals surface area contributed by atoms with E-state index in [-0.39, 0.29) is 0 Å². The average Bonchev–Trinajstić information content (AvgIpc) is 2.98. The topological polar surface area (TPSA) is 47.0 Å². The zero-order valence-electron chi connectivity index (χ0n) is 12.4. The summed E-state index contributed by atoms with van der Waals surface area (Å²) in [5, 5.41) is 3.44. The van der Waals surface area contributed by atoms with Crippen molar-refractivity contribution < 1.29 is 4.74 Å². The third-order valence-corrected chi connectivity index (χ3v) is 4.80. The van der Waals surface area contributed by atoms with Crippen molar-refractivity contribution in [3.05, 3.63) is 15.1 Å². The average molecular weight is 389 g/mol. The Labute approximate surface area is 135 Å². The van der Waals surface area contributed by atoms with Crippen LogP contribution in [0.4, 0.5) is 5.82 Å². The van der Waals surface area contributed by atoms with Crippen molar-refractivity contribution in [2.45, 2.75) is 51.4 Å². The minimum Gasteiger partial charge on any atom is -0.384 e. The number of aromatic nitrogens is 2. The molecule has 112 valence electrons. The maximum Gasteiger partial charge on any atom is 0.143 e. The maximum atomic E-state index is 5.16. The molecule has 0 spiro atoms. The van der Waals surface area contributed by atoms with Gasteiger partial charge in [-0.1, -0.05) is 19.8 Å². The fraction of sp³-hybridized carbons (Fsp3) is 0.733. The molecule has 1 aromatic rings. The van der Waals surface area contributed by atoms with Crippen LogP contribution in [0, 0.1) is 3.57 Å². The van der Waals surface area contributed by atoms with Crippen molar-refractivity contribution in [2.24, 2.45) is 0 Å². The van der Waals surface area contributed by atoms with Gasteiger partial charge in [-0.25, -0.2) is 9.97 Å². The van der Waals surface area contributed by atoms with E-state index >= 15 is 0 Å². The van der Waals surface area contributed by atoms with Gasteiger partial charge in [0.25, 0.3) is 0 Å². The Morgan fingerprint density at radius 3 is 2.70 bits per heavy atom. The van der Waals surface area contributed by atoms with Crippen LogP contribution in [0.2, 0.25) is 0 Å². The van der Waals surface area contributed by atoms with Gasteiger partial charge in [0, 0.05) is 26.0 Å². The number of methoxy groups -OCH3 is 1. The van der Waals surface area contributed by atoms with E-state index < -0.39 is 0 Å². The number of halogens is 1. The molecule has 1 aliphatic rings. The van der Waals surface area contributed by atoms with Gasteiger partial charge in [-0.05, 0) is 41.9 Å². The molecule has 0 radical (unpaired) electrons. The van der Waals surface area contributed by atoms with Crippen LogP contribution in [-0.2, 0) is 11.2 Å². The Kier molecular flexibility index (Phi) is 6.48. The standard InChI is InChI=1S/C15H24IN3O/c1-3-9-17-15-13(16)14(11-6-4-5-7-11)18-12(19-15)8-10-20-2/h11H,3-10H2,1-2H3,(H,17,18,19). The Balaban J connectivity index is 2.26. The second-order valence-corrected chi connectivity index (χ2v) is 6.42. The van der Waals surface area contributed by atoms with E-state index in [0.717, 1.165) is 31.0 Å². The highest BCUT2D eigenvalue weighted by atomic mass is 127. The van der Waals surface area contributed by atoms with E-state index in [2.05, 4.69) is 39.8 Å². The molecule has 1 N–H and O–H groups in total. The lowest BCUT2D eigenvalue weighted by Gasteiger charge is -2.16. The van der Waals surface area contributed by atoms with Crippen molar-refractivity contribution in [1.82, 2.24) is 9.97 Å². The van der Waals surface area contributed by atoms with Crippen molar-refractivity contribution in [2.75, 3.05) is 25.6 Å². The molecule has 1 aromatic heterocycles. The predicted octanol–water partition coefficient (Wildman–Crippen LogP) is 3.75. The fourth-order valence-electron chi connectivity index (χ4n) is 2.65. The highest BCUT2D eigenvalue weighted by Gasteiger charge is 2.23. The molecule has 0 aromatic carbocycles. The normalized spacial score (nSPS) is 15.8. The number of anilines is 1. The molecular weight excluding hydrogens is 365 g/mol. The fourth-order valence-corrected chi connectivity index (χ4v) is 3.52. The third-order valence-electron chi connectivity index (χ3n) is 3.74. The molecule has 2 rings (SSSR count). The lowest BCUT2D eigenvalue weighted by atomic mass is 10.0. The van der Waals surface area contributed by atoms with Crippen molar-refractivity contribution in [3.63, 3.8) is 0 Å². The Morgan fingerprint density at radius 2 is 2.05 bits per heavy atom.